The number of benzene rings is 1. The Kier molecular flexibility index (Phi) is 5.56. The molecule has 6 rings (SSSR count). The molecule has 1 aliphatic carbocycles. The summed E-state index contributed by atoms with van der Waals surface area (Å²) in [6, 6.07) is 7.75. The van der Waals surface area contributed by atoms with Crippen molar-refractivity contribution in [1.82, 2.24) is 4.90 Å². The van der Waals surface area contributed by atoms with E-state index in [4.69, 9.17) is 14.2 Å². The first-order chi connectivity index (χ1) is 14.7. The minimum Gasteiger partial charge on any atom is -0.483 e. The second-order valence-corrected chi connectivity index (χ2v) is 8.58. The largest absolute Gasteiger partial charge is 0.483 e. The summed E-state index contributed by atoms with van der Waals surface area (Å²) in [7, 11) is 0. The van der Waals surface area contributed by atoms with Crippen molar-refractivity contribution in [3.8, 4) is 5.75 Å². The van der Waals surface area contributed by atoms with E-state index in [1.54, 1.807) is 4.90 Å². The highest BCUT2D eigenvalue weighted by Crippen LogP contribution is 2.38. The van der Waals surface area contributed by atoms with Crippen molar-refractivity contribution in [3.05, 3.63) is 29.8 Å². The maximum atomic E-state index is 13.0. The smallest absolute Gasteiger partial charge is 0.274 e. The van der Waals surface area contributed by atoms with Gasteiger partial charge in [0.15, 0.2) is 6.61 Å². The van der Waals surface area contributed by atoms with Gasteiger partial charge in [-0.2, -0.15) is 0 Å². The van der Waals surface area contributed by atoms with Crippen LogP contribution in [0.5, 0.6) is 5.75 Å². The van der Waals surface area contributed by atoms with E-state index in [1.807, 2.05) is 18.2 Å². The number of carbonyl (C=O) groups is 2. The number of para-hydroxylation sites is 1. The first-order valence-corrected chi connectivity index (χ1v) is 11.0. The number of hydrogen-bond donors (Lipinski definition) is 0. The fourth-order valence-corrected chi connectivity index (χ4v) is 4.94. The number of amides is 2. The van der Waals surface area contributed by atoms with Crippen molar-refractivity contribution in [2.45, 2.75) is 62.7 Å². The van der Waals surface area contributed by atoms with Crippen LogP contribution in [0.25, 0.3) is 0 Å². The summed E-state index contributed by atoms with van der Waals surface area (Å²) in [6.07, 6.45) is 5.13. The number of nitrogens with zero attached hydrogens (tertiary/aromatic N) is 2. The minimum absolute atomic E-state index is 0.0172. The lowest BCUT2D eigenvalue weighted by atomic mass is 9.82. The van der Waals surface area contributed by atoms with Gasteiger partial charge in [-0.3, -0.25) is 9.59 Å². The van der Waals surface area contributed by atoms with Gasteiger partial charge in [0.25, 0.3) is 11.8 Å². The Hall–Kier alpha value is -2.25. The van der Waals surface area contributed by atoms with Crippen LogP contribution in [-0.4, -0.2) is 67.0 Å². The molecule has 0 radical (unpaired) electrons. The third kappa shape index (κ3) is 3.88. The van der Waals surface area contributed by atoms with Gasteiger partial charge in [0.05, 0.1) is 25.4 Å². The lowest BCUT2D eigenvalue weighted by Gasteiger charge is -2.31. The Morgan fingerprint density at radius 3 is 2.63 bits per heavy atom. The third-order valence-electron chi connectivity index (χ3n) is 6.79. The molecule has 3 fully saturated rings. The highest BCUT2D eigenvalue weighted by Gasteiger charge is 2.37. The highest BCUT2D eigenvalue weighted by molar-refractivity contribution is 6.03. The Balaban J connectivity index is 1.39. The molecule has 2 saturated heterocycles. The predicted octanol–water partition coefficient (Wildman–Crippen LogP) is 2.48. The van der Waals surface area contributed by atoms with Crippen LogP contribution in [0.15, 0.2) is 29.3 Å². The molecular weight excluding hydrogens is 384 g/mol. The first kappa shape index (κ1) is 19.7. The molecule has 1 aromatic rings. The topological polar surface area (TPSA) is 77.4 Å². The van der Waals surface area contributed by atoms with Gasteiger partial charge in [0.2, 0.25) is 0 Å². The van der Waals surface area contributed by atoms with Crippen molar-refractivity contribution in [3.63, 3.8) is 0 Å². The molecular formula is C23H28N2O5. The van der Waals surface area contributed by atoms with Crippen LogP contribution in [0.2, 0.25) is 0 Å². The number of hydrogen-bond acceptors (Lipinski definition) is 5. The van der Waals surface area contributed by atoms with Crippen LogP contribution in [-0.2, 0) is 19.1 Å². The van der Waals surface area contributed by atoms with Crippen LogP contribution in [0.1, 0.15) is 50.0 Å². The summed E-state index contributed by atoms with van der Waals surface area (Å²) in [5.41, 5.74) is 1.92. The molecule has 1 unspecified atom stereocenters. The molecule has 2 bridgehead atoms. The molecule has 2 amide bonds. The number of fused-ring (bicyclic) bond motifs is 5. The summed E-state index contributed by atoms with van der Waals surface area (Å²) in [5, 5.41) is 0. The van der Waals surface area contributed by atoms with E-state index in [0.29, 0.717) is 32.1 Å². The quantitative estimate of drug-likeness (QED) is 0.708. The van der Waals surface area contributed by atoms with E-state index in [0.717, 1.165) is 43.6 Å². The summed E-state index contributed by atoms with van der Waals surface area (Å²) >= 11 is 0. The molecule has 30 heavy (non-hydrogen) atoms. The molecule has 2 atom stereocenters. The SMILES string of the molecule is O=C(N=C1CCN2C(=O)COc3ccccc3C3CCC(CC3)OC[C@@H]12)C1CCO1. The average molecular weight is 412 g/mol. The van der Waals surface area contributed by atoms with Crippen LogP contribution in [0.4, 0.5) is 0 Å². The van der Waals surface area contributed by atoms with E-state index < -0.39 is 6.10 Å². The second kappa shape index (κ2) is 8.47. The summed E-state index contributed by atoms with van der Waals surface area (Å²) < 4.78 is 17.5. The number of carbonyl (C=O) groups excluding carboxylic acids is 2. The fraction of sp³-hybridized carbons (Fsp3) is 0.609. The van der Waals surface area contributed by atoms with Crippen LogP contribution < -0.4 is 4.74 Å². The molecule has 5 aliphatic rings. The van der Waals surface area contributed by atoms with E-state index in [9.17, 15) is 9.59 Å². The van der Waals surface area contributed by atoms with E-state index >= 15 is 0 Å². The van der Waals surface area contributed by atoms with Crippen molar-refractivity contribution < 1.29 is 23.8 Å². The van der Waals surface area contributed by atoms with Gasteiger partial charge in [-0.15, -0.1) is 0 Å². The lowest BCUT2D eigenvalue weighted by molar-refractivity contribution is -0.141. The lowest BCUT2D eigenvalue weighted by Crippen LogP contribution is -2.44. The normalized spacial score (nSPS) is 32.9. The predicted molar refractivity (Wildman–Crippen MR) is 110 cm³/mol. The van der Waals surface area contributed by atoms with Crippen LogP contribution >= 0.6 is 0 Å². The fourth-order valence-electron chi connectivity index (χ4n) is 4.94. The Labute approximate surface area is 176 Å². The van der Waals surface area contributed by atoms with Gasteiger partial charge in [-0.05, 0) is 43.2 Å². The van der Waals surface area contributed by atoms with Crippen LogP contribution in [0, 0.1) is 0 Å². The number of ether oxygens (including phenoxy) is 3. The molecule has 7 heteroatoms. The monoisotopic (exact) mass is 412 g/mol. The van der Waals surface area contributed by atoms with Crippen molar-refractivity contribution in [1.29, 1.82) is 0 Å². The van der Waals surface area contributed by atoms with E-state index in [2.05, 4.69) is 11.1 Å². The summed E-state index contributed by atoms with van der Waals surface area (Å²) in [6.45, 7) is 1.50. The maximum Gasteiger partial charge on any atom is 0.274 e. The molecule has 0 N–H and O–H groups in total. The zero-order valence-corrected chi connectivity index (χ0v) is 17.1. The Morgan fingerprint density at radius 2 is 1.87 bits per heavy atom. The molecule has 0 aromatic heterocycles. The van der Waals surface area contributed by atoms with Crippen molar-refractivity contribution in [2.24, 2.45) is 4.99 Å². The second-order valence-electron chi connectivity index (χ2n) is 8.58. The Morgan fingerprint density at radius 1 is 1.07 bits per heavy atom. The zero-order chi connectivity index (χ0) is 20.5. The average Bonchev–Trinajstić information content (AvgIpc) is 3.12. The molecule has 160 valence electrons. The molecule has 1 saturated carbocycles. The highest BCUT2D eigenvalue weighted by atomic mass is 16.5. The standard InChI is InChI=1S/C23H28N2O5/c26-22-14-30-20-4-2-1-3-17(20)15-5-7-16(8-6-15)29-13-19-18(9-11-25(19)22)24-23(27)21-10-12-28-21/h1-4,15-16,19,21H,5-14H2/t15?,16?,19-,21?/m0/s1. The van der Waals surface area contributed by atoms with Crippen molar-refractivity contribution in [2.75, 3.05) is 26.4 Å². The zero-order valence-electron chi connectivity index (χ0n) is 17.1. The molecule has 4 aliphatic heterocycles. The summed E-state index contributed by atoms with van der Waals surface area (Å²) in [4.78, 5) is 31.4. The third-order valence-corrected chi connectivity index (χ3v) is 6.79. The minimum atomic E-state index is -0.423. The van der Waals surface area contributed by atoms with Gasteiger partial charge in [0.1, 0.15) is 11.9 Å². The van der Waals surface area contributed by atoms with Gasteiger partial charge in [-0.1, -0.05) is 18.2 Å². The molecule has 0 spiro atoms. The van der Waals surface area contributed by atoms with Gasteiger partial charge >= 0.3 is 0 Å². The molecule has 1 aromatic carbocycles. The Bertz CT molecular complexity index is 842. The van der Waals surface area contributed by atoms with Crippen molar-refractivity contribution >= 4 is 17.5 Å². The van der Waals surface area contributed by atoms with E-state index in [1.165, 1.54) is 5.56 Å². The number of aliphatic imine (C=N–C) groups is 1. The first-order valence-electron chi connectivity index (χ1n) is 11.0. The van der Waals surface area contributed by atoms with Gasteiger partial charge in [-0.25, -0.2) is 4.99 Å². The van der Waals surface area contributed by atoms with E-state index in [-0.39, 0.29) is 30.6 Å². The van der Waals surface area contributed by atoms with Gasteiger partial charge in [0, 0.05) is 25.1 Å². The summed E-state index contributed by atoms with van der Waals surface area (Å²) in [5.74, 6) is 0.909. The maximum absolute atomic E-state index is 13.0. The number of rotatable bonds is 1. The van der Waals surface area contributed by atoms with Gasteiger partial charge < -0.3 is 19.1 Å². The molecule has 7 nitrogen and oxygen atoms in total. The van der Waals surface area contributed by atoms with Crippen LogP contribution in [0.3, 0.4) is 0 Å². The molecule has 4 heterocycles.